The maximum Gasteiger partial charge on any atom is 0.293 e. The number of ether oxygens (including phenoxy) is 1. The molecule has 2 atom stereocenters. The lowest BCUT2D eigenvalue weighted by Crippen LogP contribution is -2.53. The van der Waals surface area contributed by atoms with Gasteiger partial charge in [0.05, 0.1) is 5.54 Å². The molecule has 2 rings (SSSR count). The van der Waals surface area contributed by atoms with Gasteiger partial charge < -0.3 is 10.1 Å². The first kappa shape index (κ1) is 10.9. The van der Waals surface area contributed by atoms with Crippen molar-refractivity contribution in [1.29, 1.82) is 0 Å². The highest BCUT2D eigenvalue weighted by molar-refractivity contribution is 5.64. The average Bonchev–Trinajstić information content (AvgIpc) is 2.68. The van der Waals surface area contributed by atoms with Crippen molar-refractivity contribution in [2.24, 2.45) is 0 Å². The average molecular weight is 212 g/mol. The molecule has 2 unspecified atom stereocenters. The minimum atomic E-state index is -0.528. The molecular weight excluding hydrogens is 194 g/mol. The van der Waals surface area contributed by atoms with Gasteiger partial charge in [-0.1, -0.05) is 6.92 Å². The van der Waals surface area contributed by atoms with Crippen LogP contribution in [0.3, 0.4) is 0 Å². The second-order valence-corrected chi connectivity index (χ2v) is 4.26. The SMILES string of the molecule is CNC12C[C](C)C1(OC=O)C2(NC)NC. The number of nitrogens with one attached hydrogen (secondary N) is 3. The highest BCUT2D eigenvalue weighted by Crippen LogP contribution is 2.74. The zero-order valence-electron chi connectivity index (χ0n) is 9.60. The maximum atomic E-state index is 10.6. The molecule has 1 radical (unpaired) electrons. The zero-order chi connectivity index (χ0) is 11.3. The molecule has 0 heterocycles. The third-order valence-electron chi connectivity index (χ3n) is 4.24. The molecule has 85 valence electrons. The molecule has 0 aromatic carbocycles. The molecule has 0 amide bonds. The molecule has 2 fully saturated rings. The van der Waals surface area contributed by atoms with E-state index in [0.29, 0.717) is 6.47 Å². The van der Waals surface area contributed by atoms with Crippen molar-refractivity contribution in [3.63, 3.8) is 0 Å². The Bertz CT molecular complexity index is 292. The number of carbonyl (C=O) groups excluding carboxylic acids is 1. The van der Waals surface area contributed by atoms with Crippen molar-refractivity contribution in [3.05, 3.63) is 5.92 Å². The Morgan fingerprint density at radius 1 is 1.27 bits per heavy atom. The van der Waals surface area contributed by atoms with Gasteiger partial charge in [-0.2, -0.15) is 0 Å². The molecule has 2 aliphatic rings. The molecule has 5 heteroatoms. The summed E-state index contributed by atoms with van der Waals surface area (Å²) < 4.78 is 5.34. The quantitative estimate of drug-likeness (QED) is 0.403. The maximum absolute atomic E-state index is 10.6. The Kier molecular flexibility index (Phi) is 2.12. The number of carbonyl (C=O) groups is 1. The summed E-state index contributed by atoms with van der Waals surface area (Å²) in [4.78, 5) is 10.6. The van der Waals surface area contributed by atoms with Crippen LogP contribution >= 0.6 is 0 Å². The van der Waals surface area contributed by atoms with Gasteiger partial charge in [-0.3, -0.25) is 15.4 Å². The van der Waals surface area contributed by atoms with Gasteiger partial charge in [0.15, 0.2) is 5.60 Å². The predicted molar refractivity (Wildman–Crippen MR) is 56.1 cm³/mol. The van der Waals surface area contributed by atoms with Gasteiger partial charge >= 0.3 is 0 Å². The minimum absolute atomic E-state index is 0.200. The van der Waals surface area contributed by atoms with Gasteiger partial charge in [0, 0.05) is 5.92 Å². The Morgan fingerprint density at radius 2 is 1.87 bits per heavy atom. The van der Waals surface area contributed by atoms with Crippen LogP contribution in [0, 0.1) is 5.92 Å². The van der Waals surface area contributed by atoms with Crippen LogP contribution in [0.4, 0.5) is 0 Å². The van der Waals surface area contributed by atoms with Crippen molar-refractivity contribution in [2.75, 3.05) is 21.1 Å². The van der Waals surface area contributed by atoms with Gasteiger partial charge in [-0.05, 0) is 27.6 Å². The van der Waals surface area contributed by atoms with Gasteiger partial charge in [0.25, 0.3) is 6.47 Å². The molecule has 2 saturated carbocycles. The predicted octanol–water partition coefficient (Wildman–Crippen LogP) is -0.997. The second kappa shape index (κ2) is 2.93. The number of likely N-dealkylation sites (N-methyl/N-ethyl adjacent to an activating group) is 3. The molecule has 0 aliphatic heterocycles. The van der Waals surface area contributed by atoms with Crippen LogP contribution in [0.25, 0.3) is 0 Å². The van der Waals surface area contributed by atoms with Crippen molar-refractivity contribution in [3.8, 4) is 0 Å². The Labute approximate surface area is 89.9 Å². The van der Waals surface area contributed by atoms with Crippen LogP contribution in [0.5, 0.6) is 0 Å². The highest BCUT2D eigenvalue weighted by atomic mass is 16.6. The summed E-state index contributed by atoms with van der Waals surface area (Å²) in [5, 5.41) is 9.74. The van der Waals surface area contributed by atoms with E-state index in [9.17, 15) is 4.79 Å². The van der Waals surface area contributed by atoms with Crippen LogP contribution in [-0.4, -0.2) is 44.4 Å². The first-order valence-corrected chi connectivity index (χ1v) is 5.13. The first-order valence-electron chi connectivity index (χ1n) is 5.13. The molecule has 3 N–H and O–H groups in total. The van der Waals surface area contributed by atoms with E-state index in [1.54, 1.807) is 0 Å². The lowest BCUT2D eigenvalue weighted by atomic mass is 9.78. The molecule has 0 saturated heterocycles. The lowest BCUT2D eigenvalue weighted by Gasteiger charge is -2.37. The summed E-state index contributed by atoms with van der Waals surface area (Å²) in [5.41, 5.74) is -1.10. The van der Waals surface area contributed by atoms with E-state index in [1.807, 2.05) is 28.1 Å². The summed E-state index contributed by atoms with van der Waals surface area (Å²) in [6.45, 7) is 2.56. The van der Waals surface area contributed by atoms with Crippen molar-refractivity contribution < 1.29 is 9.53 Å². The fourth-order valence-corrected chi connectivity index (χ4v) is 3.67. The molecular formula is C10H18N3O2. The smallest absolute Gasteiger partial charge is 0.293 e. The zero-order valence-corrected chi connectivity index (χ0v) is 9.60. The first-order chi connectivity index (χ1) is 7.12. The van der Waals surface area contributed by atoms with Crippen LogP contribution < -0.4 is 16.0 Å². The van der Waals surface area contributed by atoms with E-state index >= 15 is 0 Å². The molecule has 0 aromatic rings. The van der Waals surface area contributed by atoms with E-state index in [1.165, 1.54) is 5.92 Å². The van der Waals surface area contributed by atoms with E-state index in [0.717, 1.165) is 6.42 Å². The molecule has 5 nitrogen and oxygen atoms in total. The van der Waals surface area contributed by atoms with Crippen molar-refractivity contribution >= 4 is 6.47 Å². The Hall–Kier alpha value is -0.650. The third kappa shape index (κ3) is 0.736. The van der Waals surface area contributed by atoms with E-state index in [4.69, 9.17) is 4.74 Å². The molecule has 15 heavy (non-hydrogen) atoms. The second-order valence-electron chi connectivity index (χ2n) is 4.26. The molecule has 0 bridgehead atoms. The van der Waals surface area contributed by atoms with E-state index in [2.05, 4.69) is 16.0 Å². The Morgan fingerprint density at radius 3 is 2.13 bits per heavy atom. The van der Waals surface area contributed by atoms with Crippen molar-refractivity contribution in [1.82, 2.24) is 16.0 Å². The topological polar surface area (TPSA) is 62.4 Å². The monoisotopic (exact) mass is 212 g/mol. The van der Waals surface area contributed by atoms with Gasteiger partial charge in [0.2, 0.25) is 0 Å². The molecule has 0 aromatic heterocycles. The number of rotatable bonds is 5. The van der Waals surface area contributed by atoms with Crippen LogP contribution in [0.2, 0.25) is 0 Å². The minimum Gasteiger partial charge on any atom is -0.455 e. The number of hydrogen-bond acceptors (Lipinski definition) is 5. The van der Waals surface area contributed by atoms with Gasteiger partial charge in [-0.15, -0.1) is 0 Å². The number of fused-ring (bicyclic) bond motifs is 1. The summed E-state index contributed by atoms with van der Waals surface area (Å²) in [6.07, 6.45) is 0.916. The van der Waals surface area contributed by atoms with Gasteiger partial charge in [0.1, 0.15) is 5.66 Å². The van der Waals surface area contributed by atoms with Crippen LogP contribution in [0.1, 0.15) is 13.3 Å². The summed E-state index contributed by atoms with van der Waals surface area (Å²) in [6, 6.07) is 0. The van der Waals surface area contributed by atoms with E-state index < -0.39 is 5.60 Å². The fraction of sp³-hybridized carbons (Fsp3) is 0.800. The lowest BCUT2D eigenvalue weighted by molar-refractivity contribution is -0.140. The van der Waals surface area contributed by atoms with Crippen molar-refractivity contribution in [2.45, 2.75) is 30.1 Å². The third-order valence-corrected chi connectivity index (χ3v) is 4.24. The van der Waals surface area contributed by atoms with Crippen LogP contribution in [-0.2, 0) is 9.53 Å². The van der Waals surface area contributed by atoms with Crippen LogP contribution in [0.15, 0.2) is 0 Å². The summed E-state index contributed by atoms with van der Waals surface area (Å²) in [7, 11) is 5.64. The summed E-state index contributed by atoms with van der Waals surface area (Å²) in [5.74, 6) is 1.19. The number of hydrogen-bond donors (Lipinski definition) is 3. The standard InChI is InChI=1S/C10H18N3O2/c1-7-5-8(11-2)9(7,15-6-14)10(8,12-3)13-4/h6,11-13H,5H2,1-4H3. The fourth-order valence-electron chi connectivity index (χ4n) is 3.67. The molecule has 0 spiro atoms. The summed E-state index contributed by atoms with van der Waals surface area (Å²) >= 11 is 0. The van der Waals surface area contributed by atoms with E-state index in [-0.39, 0.29) is 11.2 Å². The largest absolute Gasteiger partial charge is 0.455 e. The molecule has 2 aliphatic carbocycles. The normalized spacial score (nSPS) is 41.6. The Balaban J connectivity index is 2.38. The highest BCUT2D eigenvalue weighted by Gasteiger charge is 2.97. The van der Waals surface area contributed by atoms with Gasteiger partial charge in [-0.25, -0.2) is 0 Å².